The van der Waals surface area contributed by atoms with Gasteiger partial charge in [0, 0.05) is 24.3 Å². The normalized spacial score (nSPS) is 17.1. The Morgan fingerprint density at radius 2 is 1.73 bits per heavy atom. The number of anilines is 1. The standard InChI is InChI=1S/C34H41N3O7S/c1-5-23(2)20-36(45(42,43)29-16-14-24(3)15-17-29)21-31(39)30(18-26-10-7-6-8-11-26)35-33(40)32-22-37(34(41)44-32)28-13-9-12-27(19-28)25(4)38/h6-17,19,23,30-32,39H,5,18,20-22H2,1-4H3,(H,35,40)/t23-,30-,31+,32-/m0/s1. The van der Waals surface area contributed by atoms with Crippen molar-refractivity contribution in [1.29, 1.82) is 0 Å². The highest BCUT2D eigenvalue weighted by Gasteiger charge is 2.39. The van der Waals surface area contributed by atoms with E-state index in [9.17, 15) is 27.9 Å². The van der Waals surface area contributed by atoms with Gasteiger partial charge in [-0.25, -0.2) is 13.2 Å². The molecule has 1 heterocycles. The molecule has 3 aromatic rings. The molecule has 240 valence electrons. The van der Waals surface area contributed by atoms with Gasteiger partial charge in [0.15, 0.2) is 11.9 Å². The average molecular weight is 636 g/mol. The first-order valence-corrected chi connectivity index (χ1v) is 16.5. The molecule has 1 aliphatic heterocycles. The minimum absolute atomic E-state index is 0.0185. The maximum atomic E-state index is 13.8. The summed E-state index contributed by atoms with van der Waals surface area (Å²) in [5.74, 6) is -0.767. The Balaban J connectivity index is 1.56. The van der Waals surface area contributed by atoms with Crippen molar-refractivity contribution in [1.82, 2.24) is 9.62 Å². The Bertz CT molecular complexity index is 1600. The molecule has 10 nitrogen and oxygen atoms in total. The number of nitrogens with zero attached hydrogens (tertiary/aromatic N) is 2. The van der Waals surface area contributed by atoms with Crippen LogP contribution in [0.2, 0.25) is 0 Å². The van der Waals surface area contributed by atoms with E-state index in [1.165, 1.54) is 16.1 Å². The van der Waals surface area contributed by atoms with Crippen LogP contribution in [0.25, 0.3) is 0 Å². The van der Waals surface area contributed by atoms with E-state index >= 15 is 0 Å². The molecule has 2 N–H and O–H groups in total. The first-order valence-electron chi connectivity index (χ1n) is 15.1. The number of nitrogens with one attached hydrogen (secondary N) is 1. The van der Waals surface area contributed by atoms with Crippen LogP contribution < -0.4 is 10.2 Å². The number of sulfonamides is 1. The van der Waals surface area contributed by atoms with E-state index in [1.54, 1.807) is 48.5 Å². The second kappa shape index (κ2) is 14.8. The number of carbonyl (C=O) groups is 3. The van der Waals surface area contributed by atoms with Crippen LogP contribution in [-0.4, -0.2) is 73.5 Å². The highest BCUT2D eigenvalue weighted by atomic mass is 32.2. The summed E-state index contributed by atoms with van der Waals surface area (Å²) < 4.78 is 34.2. The van der Waals surface area contributed by atoms with Gasteiger partial charge in [-0.3, -0.25) is 14.5 Å². The Kier molecular flexibility index (Phi) is 11.1. The van der Waals surface area contributed by atoms with Gasteiger partial charge >= 0.3 is 6.09 Å². The van der Waals surface area contributed by atoms with Gasteiger partial charge in [-0.05, 0) is 56.0 Å². The Hall–Kier alpha value is -4.06. The molecule has 4 rings (SSSR count). The molecule has 0 radical (unpaired) electrons. The van der Waals surface area contributed by atoms with Crippen LogP contribution >= 0.6 is 0 Å². The fourth-order valence-electron chi connectivity index (χ4n) is 5.07. The highest BCUT2D eigenvalue weighted by molar-refractivity contribution is 7.89. The zero-order chi connectivity index (χ0) is 32.7. The number of rotatable bonds is 14. The number of aryl methyl sites for hydroxylation is 1. The minimum atomic E-state index is -3.96. The van der Waals surface area contributed by atoms with E-state index in [2.05, 4.69) is 5.32 Å². The van der Waals surface area contributed by atoms with Crippen molar-refractivity contribution in [3.63, 3.8) is 0 Å². The molecule has 0 bridgehead atoms. The van der Waals surface area contributed by atoms with Crippen molar-refractivity contribution < 1.29 is 32.6 Å². The maximum absolute atomic E-state index is 13.8. The summed E-state index contributed by atoms with van der Waals surface area (Å²) in [7, 11) is -3.96. The fraction of sp³-hybridized carbons (Fsp3) is 0.382. The predicted molar refractivity (Wildman–Crippen MR) is 172 cm³/mol. The topological polar surface area (TPSA) is 133 Å². The number of ether oxygens (including phenoxy) is 1. The van der Waals surface area contributed by atoms with Crippen molar-refractivity contribution in [2.45, 2.75) is 63.7 Å². The molecule has 2 amide bonds. The van der Waals surface area contributed by atoms with Crippen molar-refractivity contribution in [2.24, 2.45) is 5.92 Å². The summed E-state index contributed by atoms with van der Waals surface area (Å²) in [5, 5.41) is 14.4. The third-order valence-electron chi connectivity index (χ3n) is 8.02. The number of hydrogen-bond donors (Lipinski definition) is 2. The van der Waals surface area contributed by atoms with E-state index in [0.29, 0.717) is 11.3 Å². The number of ketones is 1. The second-order valence-electron chi connectivity index (χ2n) is 11.6. The number of hydrogen-bond acceptors (Lipinski definition) is 7. The minimum Gasteiger partial charge on any atom is -0.434 e. The second-order valence-corrected chi connectivity index (χ2v) is 13.5. The van der Waals surface area contributed by atoms with E-state index in [4.69, 9.17) is 4.74 Å². The zero-order valence-corrected chi connectivity index (χ0v) is 26.9. The molecule has 0 aliphatic carbocycles. The van der Waals surface area contributed by atoms with Crippen molar-refractivity contribution in [3.8, 4) is 0 Å². The van der Waals surface area contributed by atoms with Crippen LogP contribution in [0, 0.1) is 12.8 Å². The molecule has 11 heteroatoms. The number of aliphatic hydroxyl groups is 1. The summed E-state index contributed by atoms with van der Waals surface area (Å²) in [6.07, 6.45) is -2.27. The molecule has 1 aliphatic rings. The van der Waals surface area contributed by atoms with Gasteiger partial charge in [-0.1, -0.05) is 80.4 Å². The summed E-state index contributed by atoms with van der Waals surface area (Å²) in [5.41, 5.74) is 2.58. The summed E-state index contributed by atoms with van der Waals surface area (Å²) >= 11 is 0. The van der Waals surface area contributed by atoms with Crippen molar-refractivity contribution in [2.75, 3.05) is 24.5 Å². The van der Waals surface area contributed by atoms with E-state index in [-0.39, 0.29) is 42.7 Å². The molecule has 1 fully saturated rings. The van der Waals surface area contributed by atoms with Gasteiger partial charge in [-0.2, -0.15) is 4.31 Å². The smallest absolute Gasteiger partial charge is 0.415 e. The van der Waals surface area contributed by atoms with Gasteiger partial charge in [-0.15, -0.1) is 0 Å². The van der Waals surface area contributed by atoms with Crippen LogP contribution in [0.4, 0.5) is 10.5 Å². The molecule has 1 saturated heterocycles. The van der Waals surface area contributed by atoms with Crippen molar-refractivity contribution >= 4 is 33.5 Å². The summed E-state index contributed by atoms with van der Waals surface area (Å²) in [4.78, 5) is 39.5. The van der Waals surface area contributed by atoms with Gasteiger partial charge < -0.3 is 15.2 Å². The molecule has 45 heavy (non-hydrogen) atoms. The molecule has 0 aromatic heterocycles. The third kappa shape index (κ3) is 8.56. The summed E-state index contributed by atoms with van der Waals surface area (Å²) in [6, 6.07) is 21.4. The molecular formula is C34H41N3O7S. The lowest BCUT2D eigenvalue weighted by molar-refractivity contribution is -0.129. The number of aliphatic hydroxyl groups excluding tert-OH is 1. The monoisotopic (exact) mass is 635 g/mol. The lowest BCUT2D eigenvalue weighted by Crippen LogP contribution is -2.53. The third-order valence-corrected chi connectivity index (χ3v) is 9.87. The lowest BCUT2D eigenvalue weighted by atomic mass is 10.0. The number of cyclic esters (lactones) is 1. The average Bonchev–Trinajstić information content (AvgIpc) is 3.42. The Morgan fingerprint density at radius 1 is 1.04 bits per heavy atom. The van der Waals surface area contributed by atoms with Crippen LogP contribution in [-0.2, 0) is 26.0 Å². The Labute approximate surface area is 265 Å². The quantitative estimate of drug-likeness (QED) is 0.252. The molecule has 0 saturated carbocycles. The largest absolute Gasteiger partial charge is 0.434 e. The SMILES string of the molecule is CC[C@H](C)CN(C[C@@H](O)[C@H](Cc1ccccc1)NC(=O)[C@@H]1CN(c2cccc(C(C)=O)c2)C(=O)O1)S(=O)(=O)c1ccc(C)cc1. The molecule has 0 spiro atoms. The maximum Gasteiger partial charge on any atom is 0.415 e. The predicted octanol–water partition coefficient (Wildman–Crippen LogP) is 4.35. The molecular weight excluding hydrogens is 594 g/mol. The number of Topliss-reactive ketones (excluding diaryl/α,β-unsaturated/α-hetero) is 1. The van der Waals surface area contributed by atoms with Gasteiger partial charge in [0.05, 0.1) is 23.6 Å². The van der Waals surface area contributed by atoms with Crippen LogP contribution in [0.15, 0.2) is 83.8 Å². The van der Waals surface area contributed by atoms with E-state index in [0.717, 1.165) is 17.5 Å². The Morgan fingerprint density at radius 3 is 2.38 bits per heavy atom. The first kappa shape index (κ1) is 33.8. The van der Waals surface area contributed by atoms with Crippen LogP contribution in [0.3, 0.4) is 0 Å². The lowest BCUT2D eigenvalue weighted by Gasteiger charge is -2.31. The van der Waals surface area contributed by atoms with Gasteiger partial charge in [0.1, 0.15) is 0 Å². The fourth-order valence-corrected chi connectivity index (χ4v) is 6.65. The van der Waals surface area contributed by atoms with E-state index < -0.39 is 40.3 Å². The zero-order valence-electron chi connectivity index (χ0n) is 26.0. The first-order chi connectivity index (χ1) is 21.4. The molecule has 3 aromatic carbocycles. The van der Waals surface area contributed by atoms with Gasteiger partial charge in [0.2, 0.25) is 10.0 Å². The van der Waals surface area contributed by atoms with Crippen LogP contribution in [0.1, 0.15) is 48.7 Å². The van der Waals surface area contributed by atoms with Gasteiger partial charge in [0.25, 0.3) is 5.91 Å². The number of benzene rings is 3. The van der Waals surface area contributed by atoms with Crippen LogP contribution in [0.5, 0.6) is 0 Å². The summed E-state index contributed by atoms with van der Waals surface area (Å²) in [6.45, 7) is 7.04. The highest BCUT2D eigenvalue weighted by Crippen LogP contribution is 2.24. The molecule has 4 atom stereocenters. The number of amides is 2. The van der Waals surface area contributed by atoms with E-state index in [1.807, 2.05) is 51.1 Å². The van der Waals surface area contributed by atoms with Crippen molar-refractivity contribution in [3.05, 3.63) is 95.6 Å². The number of carbonyl (C=O) groups excluding carboxylic acids is 3. The molecule has 0 unspecified atom stereocenters.